The van der Waals surface area contributed by atoms with Crippen LogP contribution in [0.2, 0.25) is 0 Å². The molecule has 0 aliphatic heterocycles. The van der Waals surface area contributed by atoms with Crippen molar-refractivity contribution in [2.75, 3.05) is 5.32 Å². The van der Waals surface area contributed by atoms with Crippen LogP contribution in [-0.2, 0) is 6.42 Å². The van der Waals surface area contributed by atoms with E-state index in [1.807, 2.05) is 0 Å². The van der Waals surface area contributed by atoms with Gasteiger partial charge in [-0.3, -0.25) is 0 Å². The van der Waals surface area contributed by atoms with E-state index in [1.165, 1.54) is 35.0 Å². The van der Waals surface area contributed by atoms with Crippen molar-refractivity contribution in [3.63, 3.8) is 0 Å². The molecule has 0 amide bonds. The van der Waals surface area contributed by atoms with Crippen molar-refractivity contribution in [3.05, 3.63) is 28.2 Å². The standard InChI is InChI=1S/C14H20BrN/c1-3-10-9-12(15)7-8-14(10)16-13(4-2)11-5-6-11/h7-9,11,13,16H,3-6H2,1-2H3. The molecule has 1 nitrogen and oxygen atoms in total. The van der Waals surface area contributed by atoms with Crippen LogP contribution in [0.3, 0.4) is 0 Å². The van der Waals surface area contributed by atoms with Crippen molar-refractivity contribution in [2.24, 2.45) is 5.92 Å². The molecule has 88 valence electrons. The summed E-state index contributed by atoms with van der Waals surface area (Å²) in [5.74, 6) is 0.915. The van der Waals surface area contributed by atoms with Crippen molar-refractivity contribution in [2.45, 2.75) is 45.6 Å². The molecule has 0 bridgehead atoms. The summed E-state index contributed by atoms with van der Waals surface area (Å²) in [6.45, 7) is 4.49. The third-order valence-electron chi connectivity index (χ3n) is 3.42. The minimum atomic E-state index is 0.673. The van der Waals surface area contributed by atoms with Crippen molar-refractivity contribution in [1.29, 1.82) is 0 Å². The van der Waals surface area contributed by atoms with Crippen molar-refractivity contribution >= 4 is 21.6 Å². The fraction of sp³-hybridized carbons (Fsp3) is 0.571. The highest BCUT2D eigenvalue weighted by atomic mass is 79.9. The highest BCUT2D eigenvalue weighted by molar-refractivity contribution is 9.10. The maximum Gasteiger partial charge on any atom is 0.0375 e. The summed E-state index contributed by atoms with van der Waals surface area (Å²) in [7, 11) is 0. The second-order valence-electron chi connectivity index (χ2n) is 4.65. The Morgan fingerprint density at radius 1 is 1.38 bits per heavy atom. The summed E-state index contributed by atoms with van der Waals surface area (Å²) in [5, 5.41) is 3.72. The van der Waals surface area contributed by atoms with E-state index < -0.39 is 0 Å². The monoisotopic (exact) mass is 281 g/mol. The Labute approximate surface area is 107 Å². The molecule has 1 atom stereocenters. The van der Waals surface area contributed by atoms with Gasteiger partial charge in [0.15, 0.2) is 0 Å². The first-order chi connectivity index (χ1) is 7.74. The lowest BCUT2D eigenvalue weighted by atomic mass is 10.1. The SMILES string of the molecule is CCc1cc(Br)ccc1NC(CC)C1CC1. The zero-order valence-corrected chi connectivity index (χ0v) is 11.7. The van der Waals surface area contributed by atoms with Gasteiger partial charge in [0.25, 0.3) is 0 Å². The van der Waals surface area contributed by atoms with Gasteiger partial charge in [0, 0.05) is 16.2 Å². The zero-order chi connectivity index (χ0) is 11.5. The van der Waals surface area contributed by atoms with E-state index in [-0.39, 0.29) is 0 Å². The molecule has 0 radical (unpaired) electrons. The van der Waals surface area contributed by atoms with Gasteiger partial charge in [0.1, 0.15) is 0 Å². The van der Waals surface area contributed by atoms with Crippen LogP contribution in [0.1, 0.15) is 38.7 Å². The Balaban J connectivity index is 2.12. The molecule has 1 unspecified atom stereocenters. The van der Waals surface area contributed by atoms with E-state index in [0.29, 0.717) is 6.04 Å². The Bertz CT molecular complexity index is 358. The second kappa shape index (κ2) is 5.22. The van der Waals surface area contributed by atoms with Crippen LogP contribution in [-0.4, -0.2) is 6.04 Å². The number of anilines is 1. The minimum Gasteiger partial charge on any atom is -0.382 e. The molecule has 16 heavy (non-hydrogen) atoms. The number of benzene rings is 1. The van der Waals surface area contributed by atoms with Gasteiger partial charge in [-0.15, -0.1) is 0 Å². The highest BCUT2D eigenvalue weighted by Gasteiger charge is 2.29. The van der Waals surface area contributed by atoms with Crippen LogP contribution in [0.5, 0.6) is 0 Å². The minimum absolute atomic E-state index is 0.673. The molecule has 1 fully saturated rings. The molecule has 0 aromatic heterocycles. The summed E-state index contributed by atoms with van der Waals surface area (Å²) in [6, 6.07) is 7.23. The maximum atomic E-state index is 3.72. The summed E-state index contributed by atoms with van der Waals surface area (Å²) in [4.78, 5) is 0. The average Bonchev–Trinajstić information content (AvgIpc) is 3.11. The molecule has 1 saturated carbocycles. The lowest BCUT2D eigenvalue weighted by Gasteiger charge is -2.20. The van der Waals surface area contributed by atoms with Crippen LogP contribution in [0.25, 0.3) is 0 Å². The molecule has 0 saturated heterocycles. The largest absolute Gasteiger partial charge is 0.382 e. The van der Waals surface area contributed by atoms with Crippen molar-refractivity contribution in [1.82, 2.24) is 0 Å². The topological polar surface area (TPSA) is 12.0 Å². The first-order valence-electron chi connectivity index (χ1n) is 6.29. The first kappa shape index (κ1) is 12.0. The van der Waals surface area contributed by atoms with E-state index in [2.05, 4.69) is 53.3 Å². The van der Waals surface area contributed by atoms with Crippen LogP contribution in [0.4, 0.5) is 5.69 Å². The fourth-order valence-corrected chi connectivity index (χ4v) is 2.66. The third kappa shape index (κ3) is 2.79. The smallest absolute Gasteiger partial charge is 0.0375 e. The van der Waals surface area contributed by atoms with E-state index in [1.54, 1.807) is 0 Å². The molecular weight excluding hydrogens is 262 g/mol. The third-order valence-corrected chi connectivity index (χ3v) is 3.91. The molecule has 1 aromatic carbocycles. The predicted octanol–water partition coefficient (Wildman–Crippen LogP) is 4.61. The number of nitrogens with one attached hydrogen (secondary N) is 1. The van der Waals surface area contributed by atoms with Gasteiger partial charge in [-0.25, -0.2) is 0 Å². The summed E-state index contributed by atoms with van der Waals surface area (Å²) in [6.07, 6.45) is 5.12. The van der Waals surface area contributed by atoms with Crippen LogP contribution in [0.15, 0.2) is 22.7 Å². The lowest BCUT2D eigenvalue weighted by Crippen LogP contribution is -2.21. The highest BCUT2D eigenvalue weighted by Crippen LogP contribution is 2.36. The maximum absolute atomic E-state index is 3.72. The summed E-state index contributed by atoms with van der Waals surface area (Å²) >= 11 is 3.53. The first-order valence-corrected chi connectivity index (χ1v) is 7.08. The van der Waals surface area contributed by atoms with Gasteiger partial charge >= 0.3 is 0 Å². The van der Waals surface area contributed by atoms with Gasteiger partial charge in [0.2, 0.25) is 0 Å². The van der Waals surface area contributed by atoms with Crippen molar-refractivity contribution < 1.29 is 0 Å². The molecule has 2 heteroatoms. The van der Waals surface area contributed by atoms with Gasteiger partial charge in [-0.1, -0.05) is 29.8 Å². The number of halogens is 1. The van der Waals surface area contributed by atoms with Gasteiger partial charge in [0.05, 0.1) is 0 Å². The average molecular weight is 282 g/mol. The second-order valence-corrected chi connectivity index (χ2v) is 5.57. The Hall–Kier alpha value is -0.500. The Kier molecular flexibility index (Phi) is 3.91. The molecule has 1 aliphatic carbocycles. The van der Waals surface area contributed by atoms with Crippen LogP contribution < -0.4 is 5.32 Å². The fourth-order valence-electron chi connectivity index (χ4n) is 2.25. The van der Waals surface area contributed by atoms with E-state index in [0.717, 1.165) is 12.3 Å². The number of hydrogen-bond acceptors (Lipinski definition) is 1. The normalized spacial score (nSPS) is 17.2. The lowest BCUT2D eigenvalue weighted by molar-refractivity contribution is 0.616. The molecule has 0 heterocycles. The summed E-state index contributed by atoms with van der Waals surface area (Å²) < 4.78 is 1.18. The Morgan fingerprint density at radius 2 is 2.12 bits per heavy atom. The number of hydrogen-bond donors (Lipinski definition) is 1. The summed E-state index contributed by atoms with van der Waals surface area (Å²) in [5.41, 5.74) is 2.73. The molecule has 1 N–H and O–H groups in total. The molecule has 1 aromatic rings. The van der Waals surface area contributed by atoms with Gasteiger partial charge < -0.3 is 5.32 Å². The van der Waals surface area contributed by atoms with Crippen molar-refractivity contribution in [3.8, 4) is 0 Å². The van der Waals surface area contributed by atoms with Crippen LogP contribution >= 0.6 is 15.9 Å². The molecule has 2 rings (SSSR count). The van der Waals surface area contributed by atoms with E-state index >= 15 is 0 Å². The number of aryl methyl sites for hydroxylation is 1. The molecule has 0 spiro atoms. The van der Waals surface area contributed by atoms with E-state index in [4.69, 9.17) is 0 Å². The van der Waals surface area contributed by atoms with Gasteiger partial charge in [-0.05, 0) is 55.4 Å². The zero-order valence-electron chi connectivity index (χ0n) is 10.1. The number of rotatable bonds is 5. The Morgan fingerprint density at radius 3 is 2.69 bits per heavy atom. The quantitative estimate of drug-likeness (QED) is 0.831. The molecule has 1 aliphatic rings. The van der Waals surface area contributed by atoms with Gasteiger partial charge in [-0.2, -0.15) is 0 Å². The van der Waals surface area contributed by atoms with Crippen LogP contribution in [0, 0.1) is 5.92 Å². The predicted molar refractivity (Wildman–Crippen MR) is 73.9 cm³/mol. The molecular formula is C14H20BrN. The van der Waals surface area contributed by atoms with E-state index in [9.17, 15) is 0 Å².